The van der Waals surface area contributed by atoms with Gasteiger partial charge in [0, 0.05) is 22.7 Å². The van der Waals surface area contributed by atoms with Gasteiger partial charge in [-0.1, -0.05) is 17.7 Å². The molecule has 2 aromatic carbocycles. The van der Waals surface area contributed by atoms with Gasteiger partial charge in [-0.25, -0.2) is 4.39 Å². The Morgan fingerprint density at radius 2 is 1.95 bits per heavy atom. The van der Waals surface area contributed by atoms with E-state index in [2.05, 4.69) is 14.7 Å². The third kappa shape index (κ3) is 3.17. The highest BCUT2D eigenvalue weighted by Crippen LogP contribution is 2.21. The van der Waals surface area contributed by atoms with Gasteiger partial charge >= 0.3 is 0 Å². The molecule has 1 heterocycles. The third-order valence-electron chi connectivity index (χ3n) is 3.03. The Kier molecular flexibility index (Phi) is 3.93. The van der Waals surface area contributed by atoms with Crippen LogP contribution in [0.15, 0.2) is 48.5 Å². The van der Waals surface area contributed by atoms with Crippen LogP contribution in [0.4, 0.5) is 9.52 Å². The summed E-state index contributed by atoms with van der Waals surface area (Å²) in [6, 6.07) is 13.2. The van der Waals surface area contributed by atoms with E-state index in [9.17, 15) is 9.18 Å². The number of amides is 1. The van der Waals surface area contributed by atoms with Gasteiger partial charge in [0.1, 0.15) is 5.82 Å². The van der Waals surface area contributed by atoms with Crippen molar-refractivity contribution >= 4 is 22.6 Å². The smallest absolute Gasteiger partial charge is 0.257 e. The van der Waals surface area contributed by atoms with Crippen LogP contribution in [0, 0.1) is 12.7 Å². The standard InChI is InChI=1S/C16H12FN3OS/c1-10-3-2-4-12(9-10)15(21)19-16-18-14(20-22-16)11-5-7-13(17)8-6-11/h2-9H,1H3,(H,18,19,20,21). The second-order valence-electron chi connectivity index (χ2n) is 4.75. The molecule has 1 amide bonds. The van der Waals surface area contributed by atoms with Crippen molar-refractivity contribution in [2.45, 2.75) is 6.92 Å². The molecule has 6 heteroatoms. The maximum atomic E-state index is 12.9. The Bertz CT molecular complexity index is 814. The topological polar surface area (TPSA) is 54.9 Å². The van der Waals surface area contributed by atoms with E-state index in [4.69, 9.17) is 0 Å². The summed E-state index contributed by atoms with van der Waals surface area (Å²) in [6.07, 6.45) is 0. The minimum Gasteiger partial charge on any atom is -0.297 e. The van der Waals surface area contributed by atoms with Crippen molar-refractivity contribution in [2.24, 2.45) is 0 Å². The van der Waals surface area contributed by atoms with Gasteiger partial charge in [-0.15, -0.1) is 0 Å². The summed E-state index contributed by atoms with van der Waals surface area (Å²) in [7, 11) is 0. The molecule has 0 aliphatic heterocycles. The lowest BCUT2D eigenvalue weighted by molar-refractivity contribution is 0.102. The molecule has 1 aromatic heterocycles. The maximum Gasteiger partial charge on any atom is 0.257 e. The zero-order chi connectivity index (χ0) is 15.5. The quantitative estimate of drug-likeness (QED) is 0.797. The maximum absolute atomic E-state index is 12.9. The van der Waals surface area contributed by atoms with Gasteiger partial charge in [0.05, 0.1) is 0 Å². The number of carbonyl (C=O) groups excluding carboxylic acids is 1. The SMILES string of the molecule is Cc1cccc(C(=O)Nc2nc(-c3ccc(F)cc3)ns2)c1. The molecule has 0 spiro atoms. The first-order valence-corrected chi connectivity index (χ1v) is 7.37. The van der Waals surface area contributed by atoms with Crippen molar-refractivity contribution in [3.63, 3.8) is 0 Å². The van der Waals surface area contributed by atoms with Crippen LogP contribution >= 0.6 is 11.5 Å². The minimum atomic E-state index is -0.313. The molecule has 0 radical (unpaired) electrons. The van der Waals surface area contributed by atoms with E-state index in [0.29, 0.717) is 22.1 Å². The first-order valence-electron chi connectivity index (χ1n) is 6.59. The summed E-state index contributed by atoms with van der Waals surface area (Å²) < 4.78 is 17.1. The predicted octanol–water partition coefficient (Wildman–Crippen LogP) is 3.90. The normalized spacial score (nSPS) is 10.5. The summed E-state index contributed by atoms with van der Waals surface area (Å²) in [6.45, 7) is 1.92. The number of nitrogens with zero attached hydrogens (tertiary/aromatic N) is 2. The molecule has 0 saturated carbocycles. The van der Waals surface area contributed by atoms with Crippen LogP contribution in [-0.4, -0.2) is 15.3 Å². The van der Waals surface area contributed by atoms with E-state index < -0.39 is 0 Å². The molecule has 0 unspecified atom stereocenters. The largest absolute Gasteiger partial charge is 0.297 e. The Morgan fingerprint density at radius 1 is 1.18 bits per heavy atom. The lowest BCUT2D eigenvalue weighted by Crippen LogP contribution is -2.11. The highest BCUT2D eigenvalue weighted by atomic mass is 32.1. The number of rotatable bonds is 3. The van der Waals surface area contributed by atoms with Crippen LogP contribution in [0.25, 0.3) is 11.4 Å². The lowest BCUT2D eigenvalue weighted by atomic mass is 10.1. The molecule has 110 valence electrons. The molecule has 22 heavy (non-hydrogen) atoms. The highest BCUT2D eigenvalue weighted by Gasteiger charge is 2.11. The van der Waals surface area contributed by atoms with Crippen molar-refractivity contribution in [3.8, 4) is 11.4 Å². The molecule has 4 nitrogen and oxygen atoms in total. The number of anilines is 1. The molecule has 0 fully saturated rings. The molecular weight excluding hydrogens is 301 g/mol. The molecule has 0 atom stereocenters. The van der Waals surface area contributed by atoms with Crippen molar-refractivity contribution in [2.75, 3.05) is 5.32 Å². The van der Waals surface area contributed by atoms with E-state index in [-0.39, 0.29) is 11.7 Å². The summed E-state index contributed by atoms with van der Waals surface area (Å²) in [5, 5.41) is 3.13. The Labute approximate surface area is 130 Å². The first-order chi connectivity index (χ1) is 10.6. The Morgan fingerprint density at radius 3 is 2.68 bits per heavy atom. The fourth-order valence-corrected chi connectivity index (χ4v) is 2.53. The molecular formula is C16H12FN3OS. The van der Waals surface area contributed by atoms with Crippen molar-refractivity contribution in [1.82, 2.24) is 9.36 Å². The minimum absolute atomic E-state index is 0.231. The predicted molar refractivity (Wildman–Crippen MR) is 84.4 cm³/mol. The van der Waals surface area contributed by atoms with Crippen LogP contribution in [0.2, 0.25) is 0 Å². The van der Waals surface area contributed by atoms with E-state index in [1.165, 1.54) is 12.1 Å². The fourth-order valence-electron chi connectivity index (χ4n) is 1.95. The summed E-state index contributed by atoms with van der Waals surface area (Å²) in [5.41, 5.74) is 2.28. The molecule has 0 aliphatic carbocycles. The number of halogens is 1. The number of hydrogen-bond donors (Lipinski definition) is 1. The van der Waals surface area contributed by atoms with E-state index in [1.54, 1.807) is 24.3 Å². The average molecular weight is 313 g/mol. The first kappa shape index (κ1) is 14.3. The summed E-state index contributed by atoms with van der Waals surface area (Å²) in [4.78, 5) is 16.4. The van der Waals surface area contributed by atoms with E-state index >= 15 is 0 Å². The van der Waals surface area contributed by atoms with Crippen molar-refractivity contribution in [3.05, 3.63) is 65.5 Å². The zero-order valence-corrected chi connectivity index (χ0v) is 12.5. The Hall–Kier alpha value is -2.60. The second-order valence-corrected chi connectivity index (χ2v) is 5.51. The van der Waals surface area contributed by atoms with Crippen LogP contribution in [-0.2, 0) is 0 Å². The van der Waals surface area contributed by atoms with E-state index in [1.807, 2.05) is 19.1 Å². The van der Waals surface area contributed by atoms with Gasteiger partial charge in [-0.05, 0) is 43.3 Å². The number of aromatic nitrogens is 2. The van der Waals surface area contributed by atoms with Gasteiger partial charge in [-0.2, -0.15) is 9.36 Å². The van der Waals surface area contributed by atoms with Crippen LogP contribution in [0.5, 0.6) is 0 Å². The fraction of sp³-hybridized carbons (Fsp3) is 0.0625. The lowest BCUT2D eigenvalue weighted by Gasteiger charge is -2.01. The summed E-state index contributed by atoms with van der Waals surface area (Å²) in [5.74, 6) is -0.0815. The molecule has 3 rings (SSSR count). The molecule has 0 saturated heterocycles. The highest BCUT2D eigenvalue weighted by molar-refractivity contribution is 7.10. The van der Waals surface area contributed by atoms with Crippen LogP contribution < -0.4 is 5.32 Å². The van der Waals surface area contributed by atoms with Crippen molar-refractivity contribution < 1.29 is 9.18 Å². The van der Waals surface area contributed by atoms with Gasteiger partial charge in [0.25, 0.3) is 5.91 Å². The monoisotopic (exact) mass is 313 g/mol. The average Bonchev–Trinajstić information content (AvgIpc) is 2.96. The Balaban J connectivity index is 1.77. The van der Waals surface area contributed by atoms with Gasteiger partial charge in [0.2, 0.25) is 5.13 Å². The molecule has 1 N–H and O–H groups in total. The van der Waals surface area contributed by atoms with E-state index in [0.717, 1.165) is 17.1 Å². The number of aryl methyl sites for hydroxylation is 1. The second kappa shape index (κ2) is 6.03. The van der Waals surface area contributed by atoms with Crippen molar-refractivity contribution in [1.29, 1.82) is 0 Å². The van der Waals surface area contributed by atoms with Crippen LogP contribution in [0.3, 0.4) is 0 Å². The number of carbonyl (C=O) groups is 1. The van der Waals surface area contributed by atoms with Gasteiger partial charge < -0.3 is 0 Å². The summed E-state index contributed by atoms with van der Waals surface area (Å²) >= 11 is 1.09. The third-order valence-corrected chi connectivity index (χ3v) is 3.66. The van der Waals surface area contributed by atoms with Gasteiger partial charge in [-0.3, -0.25) is 10.1 Å². The number of benzene rings is 2. The number of nitrogens with one attached hydrogen (secondary N) is 1. The molecule has 0 aliphatic rings. The van der Waals surface area contributed by atoms with Gasteiger partial charge in [0.15, 0.2) is 5.82 Å². The molecule has 3 aromatic rings. The zero-order valence-electron chi connectivity index (χ0n) is 11.7. The number of hydrogen-bond acceptors (Lipinski definition) is 4. The van der Waals surface area contributed by atoms with Crippen LogP contribution in [0.1, 0.15) is 15.9 Å². The molecule has 0 bridgehead atoms.